The highest BCUT2D eigenvalue weighted by atomic mass is 35.5. The minimum atomic E-state index is 0.856. The van der Waals surface area contributed by atoms with Crippen molar-refractivity contribution in [2.24, 2.45) is 0 Å². The van der Waals surface area contributed by atoms with Gasteiger partial charge in [0.2, 0.25) is 0 Å². The first-order valence-electron chi connectivity index (χ1n) is 3.91. The molecule has 0 atom stereocenters. The zero-order chi connectivity index (χ0) is 8.10. The van der Waals surface area contributed by atoms with E-state index in [2.05, 4.69) is 4.90 Å². The second-order valence-corrected chi connectivity index (χ2v) is 3.30. The van der Waals surface area contributed by atoms with Crippen LogP contribution in [0.25, 0.3) is 0 Å². The molecule has 0 bridgehead atoms. The fourth-order valence-electron chi connectivity index (χ4n) is 1.04. The molecule has 0 spiro atoms. The van der Waals surface area contributed by atoms with E-state index in [9.17, 15) is 0 Å². The highest BCUT2D eigenvalue weighted by molar-refractivity contribution is 6.29. The zero-order valence-electron chi connectivity index (χ0n) is 6.85. The van der Waals surface area contributed by atoms with Crippen molar-refractivity contribution < 1.29 is 4.74 Å². The molecule has 0 aromatic heterocycles. The Morgan fingerprint density at radius 1 is 1.55 bits per heavy atom. The van der Waals surface area contributed by atoms with Gasteiger partial charge in [0.25, 0.3) is 0 Å². The highest BCUT2D eigenvalue weighted by Gasteiger charge is 2.07. The Morgan fingerprint density at radius 3 is 2.73 bits per heavy atom. The smallest absolute Gasteiger partial charge is 0.0594 e. The molecule has 1 rings (SSSR count). The van der Waals surface area contributed by atoms with Gasteiger partial charge in [0.1, 0.15) is 0 Å². The van der Waals surface area contributed by atoms with Gasteiger partial charge in [0, 0.05) is 24.7 Å². The van der Waals surface area contributed by atoms with Crippen LogP contribution in [0.1, 0.15) is 6.92 Å². The summed E-state index contributed by atoms with van der Waals surface area (Å²) in [7, 11) is 0. The average molecular weight is 176 g/mol. The second kappa shape index (κ2) is 4.75. The van der Waals surface area contributed by atoms with Crippen LogP contribution in [0.4, 0.5) is 0 Å². The van der Waals surface area contributed by atoms with Gasteiger partial charge in [-0.25, -0.2) is 0 Å². The fourth-order valence-corrected chi connectivity index (χ4v) is 1.11. The van der Waals surface area contributed by atoms with E-state index in [0.717, 1.165) is 37.9 Å². The fraction of sp³-hybridized carbons (Fsp3) is 0.750. The van der Waals surface area contributed by atoms with Gasteiger partial charge in [-0.05, 0) is 6.92 Å². The van der Waals surface area contributed by atoms with E-state index >= 15 is 0 Å². The first-order chi connectivity index (χ1) is 5.29. The number of hydrogen-bond donors (Lipinski definition) is 0. The molecular weight excluding hydrogens is 162 g/mol. The molecule has 3 heteroatoms. The lowest BCUT2D eigenvalue weighted by atomic mass is 10.4. The molecular formula is C8H14ClNO. The molecule has 0 N–H and O–H groups in total. The number of halogens is 1. The SMILES string of the molecule is C/C(Cl)=C\CN1CCOCC1. The number of rotatable bonds is 2. The van der Waals surface area contributed by atoms with Crippen LogP contribution in [0, 0.1) is 0 Å². The van der Waals surface area contributed by atoms with Gasteiger partial charge in [-0.3, -0.25) is 4.90 Å². The molecule has 1 fully saturated rings. The third kappa shape index (κ3) is 3.75. The van der Waals surface area contributed by atoms with E-state index in [1.54, 1.807) is 0 Å². The number of nitrogens with zero attached hydrogens (tertiary/aromatic N) is 1. The van der Waals surface area contributed by atoms with Gasteiger partial charge in [-0.1, -0.05) is 17.7 Å². The summed E-state index contributed by atoms with van der Waals surface area (Å²) in [5.74, 6) is 0. The molecule has 0 aromatic rings. The maximum Gasteiger partial charge on any atom is 0.0594 e. The molecule has 0 radical (unpaired) electrons. The topological polar surface area (TPSA) is 12.5 Å². The van der Waals surface area contributed by atoms with E-state index in [0.29, 0.717) is 0 Å². The van der Waals surface area contributed by atoms with Gasteiger partial charge >= 0.3 is 0 Å². The van der Waals surface area contributed by atoms with Crippen LogP contribution >= 0.6 is 11.6 Å². The van der Waals surface area contributed by atoms with Crippen LogP contribution in [-0.2, 0) is 4.74 Å². The molecule has 1 saturated heterocycles. The van der Waals surface area contributed by atoms with Crippen LogP contribution in [0.5, 0.6) is 0 Å². The molecule has 0 saturated carbocycles. The molecule has 0 aromatic carbocycles. The zero-order valence-corrected chi connectivity index (χ0v) is 7.60. The van der Waals surface area contributed by atoms with Crippen molar-refractivity contribution in [3.63, 3.8) is 0 Å². The van der Waals surface area contributed by atoms with Crippen LogP contribution in [0.2, 0.25) is 0 Å². The molecule has 1 aliphatic rings. The van der Waals surface area contributed by atoms with Gasteiger partial charge in [0.15, 0.2) is 0 Å². The van der Waals surface area contributed by atoms with Crippen molar-refractivity contribution in [2.45, 2.75) is 6.92 Å². The minimum Gasteiger partial charge on any atom is -0.379 e. The predicted octanol–water partition coefficient (Wildman–Crippen LogP) is 1.46. The largest absolute Gasteiger partial charge is 0.379 e. The number of allylic oxidation sites excluding steroid dienone is 1. The van der Waals surface area contributed by atoms with E-state index < -0.39 is 0 Å². The van der Waals surface area contributed by atoms with Crippen LogP contribution in [0.3, 0.4) is 0 Å². The number of ether oxygens (including phenoxy) is 1. The van der Waals surface area contributed by atoms with Crippen molar-refractivity contribution in [1.82, 2.24) is 4.90 Å². The normalized spacial score (nSPS) is 22.2. The third-order valence-corrected chi connectivity index (χ3v) is 1.89. The van der Waals surface area contributed by atoms with Crippen molar-refractivity contribution >= 4 is 11.6 Å². The molecule has 1 heterocycles. The van der Waals surface area contributed by atoms with E-state index in [4.69, 9.17) is 16.3 Å². The van der Waals surface area contributed by atoms with Gasteiger partial charge < -0.3 is 4.74 Å². The Morgan fingerprint density at radius 2 is 2.18 bits per heavy atom. The minimum absolute atomic E-state index is 0.856. The Hall–Kier alpha value is -0.0500. The molecule has 2 nitrogen and oxygen atoms in total. The van der Waals surface area contributed by atoms with Crippen molar-refractivity contribution in [2.75, 3.05) is 32.8 Å². The summed E-state index contributed by atoms with van der Waals surface area (Å²) in [6, 6.07) is 0. The number of morpholine rings is 1. The Balaban J connectivity index is 2.19. The van der Waals surface area contributed by atoms with Gasteiger partial charge in [-0.2, -0.15) is 0 Å². The van der Waals surface area contributed by atoms with Gasteiger partial charge in [0.05, 0.1) is 13.2 Å². The van der Waals surface area contributed by atoms with Gasteiger partial charge in [-0.15, -0.1) is 0 Å². The maximum atomic E-state index is 5.70. The Labute approximate surface area is 72.8 Å². The Bertz CT molecular complexity index is 137. The Kier molecular flexibility index (Phi) is 3.91. The lowest BCUT2D eigenvalue weighted by Gasteiger charge is -2.25. The molecule has 0 aliphatic carbocycles. The van der Waals surface area contributed by atoms with Crippen LogP contribution in [0.15, 0.2) is 11.1 Å². The van der Waals surface area contributed by atoms with Crippen molar-refractivity contribution in [3.05, 3.63) is 11.1 Å². The quantitative estimate of drug-likeness (QED) is 0.630. The molecule has 64 valence electrons. The maximum absolute atomic E-state index is 5.70. The van der Waals surface area contributed by atoms with Crippen molar-refractivity contribution in [1.29, 1.82) is 0 Å². The summed E-state index contributed by atoms with van der Waals surface area (Å²) in [6.45, 7) is 6.63. The van der Waals surface area contributed by atoms with E-state index in [-0.39, 0.29) is 0 Å². The highest BCUT2D eigenvalue weighted by Crippen LogP contribution is 2.01. The molecule has 11 heavy (non-hydrogen) atoms. The summed E-state index contributed by atoms with van der Waals surface area (Å²) >= 11 is 5.70. The summed E-state index contributed by atoms with van der Waals surface area (Å²) in [4.78, 5) is 2.33. The molecule has 1 aliphatic heterocycles. The number of hydrogen-bond acceptors (Lipinski definition) is 2. The lowest BCUT2D eigenvalue weighted by molar-refractivity contribution is 0.0434. The molecule has 0 unspecified atom stereocenters. The van der Waals surface area contributed by atoms with Crippen molar-refractivity contribution in [3.8, 4) is 0 Å². The second-order valence-electron chi connectivity index (χ2n) is 2.70. The lowest BCUT2D eigenvalue weighted by Crippen LogP contribution is -2.36. The summed E-state index contributed by atoms with van der Waals surface area (Å²) in [5, 5.41) is 0.872. The average Bonchev–Trinajstić information content (AvgIpc) is 2.03. The molecule has 0 amide bonds. The van der Waals surface area contributed by atoms with E-state index in [1.807, 2.05) is 13.0 Å². The van der Waals surface area contributed by atoms with Crippen LogP contribution < -0.4 is 0 Å². The first kappa shape index (κ1) is 9.04. The summed E-state index contributed by atoms with van der Waals surface area (Å²) in [5.41, 5.74) is 0. The predicted molar refractivity (Wildman–Crippen MR) is 46.9 cm³/mol. The third-order valence-electron chi connectivity index (χ3n) is 1.73. The standard InChI is InChI=1S/C8H14ClNO/c1-8(9)2-3-10-4-6-11-7-5-10/h2H,3-7H2,1H3/b8-2+. The monoisotopic (exact) mass is 175 g/mol. The van der Waals surface area contributed by atoms with Crippen LogP contribution in [-0.4, -0.2) is 37.7 Å². The van der Waals surface area contributed by atoms with E-state index in [1.165, 1.54) is 0 Å². The summed E-state index contributed by atoms with van der Waals surface area (Å²) < 4.78 is 5.21. The first-order valence-corrected chi connectivity index (χ1v) is 4.29. The summed E-state index contributed by atoms with van der Waals surface area (Å²) in [6.07, 6.45) is 2.03.